The van der Waals surface area contributed by atoms with Crippen LogP contribution in [-0.4, -0.2) is 9.52 Å². The molecule has 0 saturated carbocycles. The van der Waals surface area contributed by atoms with Crippen molar-refractivity contribution in [2.24, 2.45) is 0 Å². The van der Waals surface area contributed by atoms with E-state index in [1.807, 2.05) is 12.2 Å². The van der Waals surface area contributed by atoms with Gasteiger partial charge in [0.25, 0.3) is 0 Å². The van der Waals surface area contributed by atoms with Gasteiger partial charge in [-0.1, -0.05) is 19.2 Å². The number of hydrogen-bond donors (Lipinski definition) is 0. The predicted molar refractivity (Wildman–Crippen MR) is 128 cm³/mol. The summed E-state index contributed by atoms with van der Waals surface area (Å²) in [5.41, 5.74) is 0. The fraction of sp³-hybridized carbons (Fsp3) is 0.150. The second-order valence-electron chi connectivity index (χ2n) is 3.74. The first-order valence-electron chi connectivity index (χ1n) is 6.20. The molecule has 0 saturated heterocycles. The number of fused-ring (bicyclic) bond motifs is 1. The van der Waals surface area contributed by atoms with E-state index in [9.17, 15) is 0 Å². The first-order valence-corrected chi connectivity index (χ1v) is 9.01. The molecule has 1 aliphatic carbocycles. The standard InChI is InChI=1S/C9H7.C5H5.C2H6Si.4CH3.2ClH.HO2P.Zr/c1-2-5-9-7-3-6-8(9)4-1;1-2-4-5-3-1;1-3-2;;;;;;;1-3-2;/h1-7H;1-3H,4H2;1-2H3;4*1H3;2*1H;3H;/q2*-1;;4*-1;;;;. The molecule has 0 fully saturated rings. The first kappa shape index (κ1) is 50.5. The quantitative estimate of drug-likeness (QED) is 0.201. The zero-order valence-electron chi connectivity index (χ0n) is 17.1. The fourth-order valence-electron chi connectivity index (χ4n) is 1.41. The van der Waals surface area contributed by atoms with E-state index in [1.165, 1.54) is 10.8 Å². The van der Waals surface area contributed by atoms with Crippen LogP contribution in [0.15, 0.2) is 60.7 Å². The molecule has 0 bridgehead atoms. The molecule has 0 spiro atoms. The van der Waals surface area contributed by atoms with Crippen molar-refractivity contribution in [1.82, 2.24) is 0 Å². The van der Waals surface area contributed by atoms with Crippen LogP contribution in [0, 0.1) is 35.8 Å². The topological polar surface area (TPSA) is 34.1 Å². The van der Waals surface area contributed by atoms with E-state index in [2.05, 4.69) is 67.7 Å². The van der Waals surface area contributed by atoms with Crippen molar-refractivity contribution >= 4 is 53.4 Å². The second-order valence-corrected chi connectivity index (χ2v) is 4.91. The zero-order valence-corrected chi connectivity index (χ0v) is 23.2. The number of benzene rings is 1. The molecule has 2 aromatic rings. The van der Waals surface area contributed by atoms with Crippen LogP contribution in [0.25, 0.3) is 10.8 Å². The Morgan fingerprint density at radius 2 is 1.48 bits per heavy atom. The molecule has 1 aliphatic rings. The Bertz CT molecular complexity index is 530. The van der Waals surface area contributed by atoms with Gasteiger partial charge in [-0.2, -0.15) is 23.6 Å². The van der Waals surface area contributed by atoms with Crippen LogP contribution in [-0.2, 0) is 35.3 Å². The van der Waals surface area contributed by atoms with Gasteiger partial charge in [0.15, 0.2) is 0 Å². The maximum Gasteiger partial charge on any atom is 0.303 e. The zero-order chi connectivity index (χ0) is 15.1. The molecule has 3 rings (SSSR count). The van der Waals surface area contributed by atoms with Crippen molar-refractivity contribution in [2.75, 3.05) is 0 Å². The number of halogens is 2. The molecule has 27 heavy (non-hydrogen) atoms. The summed E-state index contributed by atoms with van der Waals surface area (Å²) in [6.45, 7) is 4.31. The van der Waals surface area contributed by atoms with Crippen LogP contribution in [0.5, 0.6) is 0 Å². The minimum atomic E-state index is -1.42. The third kappa shape index (κ3) is 30.8. The van der Waals surface area contributed by atoms with Gasteiger partial charge in [0, 0.05) is 35.7 Å². The van der Waals surface area contributed by atoms with Gasteiger partial charge in [-0.05, 0) is 0 Å². The average molecular weight is 527 g/mol. The second kappa shape index (κ2) is 40.5. The van der Waals surface area contributed by atoms with Crippen molar-refractivity contribution in [3.8, 4) is 0 Å². The molecule has 0 heterocycles. The molecular weight excluding hydrogens is 493 g/mol. The summed E-state index contributed by atoms with van der Waals surface area (Å²) in [4.78, 5) is 0. The van der Waals surface area contributed by atoms with Crippen molar-refractivity contribution in [1.29, 1.82) is 0 Å². The summed E-state index contributed by atoms with van der Waals surface area (Å²) in [7, 11) is -0.333. The van der Waals surface area contributed by atoms with E-state index in [-0.39, 0.29) is 80.7 Å². The van der Waals surface area contributed by atoms with Crippen molar-refractivity contribution < 1.29 is 35.3 Å². The Hall–Kier alpha value is -0.110. The molecule has 0 N–H and O–H groups in total. The number of hydrogen-bond acceptors (Lipinski definition) is 2. The summed E-state index contributed by atoms with van der Waals surface area (Å²) in [6, 6.07) is 14.7. The van der Waals surface area contributed by atoms with Gasteiger partial charge in [-0.3, -0.25) is 6.08 Å². The van der Waals surface area contributed by atoms with Gasteiger partial charge in [0.1, 0.15) is 0 Å². The van der Waals surface area contributed by atoms with E-state index in [4.69, 9.17) is 9.13 Å². The van der Waals surface area contributed by atoms with Gasteiger partial charge in [-0.15, -0.1) is 60.9 Å². The molecule has 158 valence electrons. The van der Waals surface area contributed by atoms with Crippen LogP contribution < -0.4 is 0 Å². The van der Waals surface area contributed by atoms with Crippen LogP contribution in [0.4, 0.5) is 0 Å². The molecule has 0 amide bonds. The van der Waals surface area contributed by atoms with E-state index in [0.29, 0.717) is 0 Å². The fourth-order valence-corrected chi connectivity index (χ4v) is 1.41. The minimum Gasteiger partial charge on any atom is -0.358 e. The number of allylic oxidation sites excluding steroid dienone is 4. The van der Waals surface area contributed by atoms with Gasteiger partial charge in [0.05, 0.1) is 0 Å². The average Bonchev–Trinajstić information content (AvgIpc) is 3.15. The van der Waals surface area contributed by atoms with E-state index in [1.54, 1.807) is 0 Å². The van der Waals surface area contributed by atoms with Gasteiger partial charge in [-0.25, -0.2) is 21.3 Å². The molecule has 2 nitrogen and oxygen atoms in total. The molecule has 0 unspecified atom stereocenters. The van der Waals surface area contributed by atoms with Crippen LogP contribution in [0.1, 0.15) is 6.42 Å². The normalized spacial score (nSPS) is 7.78. The maximum atomic E-state index is 8.40. The van der Waals surface area contributed by atoms with Crippen molar-refractivity contribution in [3.05, 3.63) is 96.5 Å². The van der Waals surface area contributed by atoms with E-state index < -0.39 is 8.34 Å². The summed E-state index contributed by atoms with van der Waals surface area (Å²) in [5, 5.41) is 2.66. The summed E-state index contributed by atoms with van der Waals surface area (Å²) in [6.07, 6.45) is 10.0. The minimum absolute atomic E-state index is 0. The molecule has 0 atom stereocenters. The van der Waals surface area contributed by atoms with Crippen LogP contribution in [0.2, 0.25) is 13.1 Å². The monoisotopic (exact) mass is 524 g/mol. The summed E-state index contributed by atoms with van der Waals surface area (Å²) in [5.74, 6) is 0. The summed E-state index contributed by atoms with van der Waals surface area (Å²) < 4.78 is 16.8. The van der Waals surface area contributed by atoms with Gasteiger partial charge < -0.3 is 29.7 Å². The Balaban J connectivity index is -0.0000000301. The van der Waals surface area contributed by atoms with Crippen molar-refractivity contribution in [2.45, 2.75) is 19.5 Å². The Morgan fingerprint density at radius 3 is 1.81 bits per heavy atom. The van der Waals surface area contributed by atoms with Gasteiger partial charge in [0.2, 0.25) is 0 Å². The van der Waals surface area contributed by atoms with E-state index in [0.717, 1.165) is 15.9 Å². The molecule has 0 aromatic heterocycles. The molecule has 2 radical (unpaired) electrons. The molecule has 0 aliphatic heterocycles. The smallest absolute Gasteiger partial charge is 0.303 e. The maximum absolute atomic E-state index is 8.40. The Kier molecular flexibility index (Phi) is 75.8. The SMILES string of the molecule is C[Si]C.Cl.Cl.O=[PH]=O.[C-]1=CC=CC1.[CH3-].[CH3-].[CH3-].[CH3-].[Zr].c1ccc2[cH-]ccc2c1. The Labute approximate surface area is 203 Å². The largest absolute Gasteiger partial charge is 0.358 e. The third-order valence-electron chi connectivity index (χ3n) is 2.13. The molecule has 2 aromatic carbocycles. The molecule has 7 heteroatoms. The third-order valence-corrected chi connectivity index (χ3v) is 2.13. The van der Waals surface area contributed by atoms with Crippen molar-refractivity contribution in [3.63, 3.8) is 0 Å². The number of rotatable bonds is 0. The van der Waals surface area contributed by atoms with Gasteiger partial charge >= 0.3 is 8.34 Å². The predicted octanol–water partition coefficient (Wildman–Crippen LogP) is 7.65. The Morgan fingerprint density at radius 1 is 1.00 bits per heavy atom. The summed E-state index contributed by atoms with van der Waals surface area (Å²) >= 11 is 0. The first-order chi connectivity index (χ1) is 9.79. The van der Waals surface area contributed by atoms with Crippen LogP contribution >= 0.6 is 33.2 Å². The van der Waals surface area contributed by atoms with E-state index >= 15 is 0 Å². The molecular formula is C20H33Cl2O2PSiZr-6. The van der Waals surface area contributed by atoms with Crippen LogP contribution in [0.3, 0.4) is 0 Å².